The molecule has 0 amide bonds. The van der Waals surface area contributed by atoms with E-state index in [0.29, 0.717) is 19.3 Å². The SMILES string of the molecule is CC/C=C\C/C=C\C/C=C\C/C=C\CCCCCCCCCCCCCCCCCCC(=O)OCC(COC(=O)CCCCCCCCCCCCCCC)OC(=O)CCCCCCCCCCCCCCCCCCCCC. The molecule has 0 rings (SSSR count). The topological polar surface area (TPSA) is 78.9 Å². The number of carbonyl (C=O) groups excluding carboxylic acids is 3. The molecule has 0 aliphatic rings. The molecule has 0 spiro atoms. The van der Waals surface area contributed by atoms with Gasteiger partial charge in [0.15, 0.2) is 6.10 Å². The summed E-state index contributed by atoms with van der Waals surface area (Å²) in [7, 11) is 0. The first-order chi connectivity index (χ1) is 39.0. The van der Waals surface area contributed by atoms with Crippen molar-refractivity contribution >= 4 is 17.9 Å². The standard InChI is InChI=1S/C73H134O6/c1-4-7-10-13-16-19-22-25-27-29-31-32-33-34-35-36-37-38-39-40-42-43-45-48-51-54-57-60-63-66-72(75)78-69-70(68-77-71(74)65-62-59-56-53-50-47-24-21-18-15-12-9-6-3)79-73(76)67-64-61-58-55-52-49-46-44-41-30-28-26-23-20-17-14-11-8-5-2/h7,10,16,19,25,27,31-32,70H,4-6,8-9,11-15,17-18,20-24,26,28-30,33-69H2,1-3H3/b10-7-,19-16-,27-25-,32-31-. The molecule has 0 radical (unpaired) electrons. The maximum atomic E-state index is 12.9. The van der Waals surface area contributed by atoms with Crippen LogP contribution >= 0.6 is 0 Å². The first-order valence-electron chi connectivity index (χ1n) is 35.1. The van der Waals surface area contributed by atoms with E-state index in [2.05, 4.69) is 69.4 Å². The average molecular weight is 1110 g/mol. The molecule has 0 aliphatic carbocycles. The lowest BCUT2D eigenvalue weighted by molar-refractivity contribution is -0.167. The van der Waals surface area contributed by atoms with Crippen LogP contribution in [0, 0.1) is 0 Å². The predicted molar refractivity (Wildman–Crippen MR) is 344 cm³/mol. The molecule has 0 fully saturated rings. The molecule has 0 aliphatic heterocycles. The molecule has 79 heavy (non-hydrogen) atoms. The molecule has 0 aromatic heterocycles. The molecule has 1 unspecified atom stereocenters. The van der Waals surface area contributed by atoms with E-state index < -0.39 is 6.10 Å². The summed E-state index contributed by atoms with van der Waals surface area (Å²) in [6.07, 6.45) is 85.7. The van der Waals surface area contributed by atoms with Gasteiger partial charge in [0, 0.05) is 19.3 Å². The zero-order valence-corrected chi connectivity index (χ0v) is 53.2. The third-order valence-electron chi connectivity index (χ3n) is 15.8. The van der Waals surface area contributed by atoms with Gasteiger partial charge in [0.25, 0.3) is 0 Å². The van der Waals surface area contributed by atoms with Gasteiger partial charge >= 0.3 is 17.9 Å². The highest BCUT2D eigenvalue weighted by molar-refractivity contribution is 5.71. The summed E-state index contributed by atoms with van der Waals surface area (Å²) in [5, 5.41) is 0. The number of esters is 3. The molecule has 0 heterocycles. The lowest BCUT2D eigenvalue weighted by Gasteiger charge is -2.18. The minimum Gasteiger partial charge on any atom is -0.462 e. The minimum atomic E-state index is -0.768. The Balaban J connectivity index is 4.19. The third kappa shape index (κ3) is 66.1. The largest absolute Gasteiger partial charge is 0.462 e. The summed E-state index contributed by atoms with van der Waals surface area (Å²) >= 11 is 0. The number of hydrogen-bond donors (Lipinski definition) is 0. The zero-order chi connectivity index (χ0) is 57.1. The fourth-order valence-corrected chi connectivity index (χ4v) is 10.6. The van der Waals surface area contributed by atoms with Gasteiger partial charge in [-0.1, -0.05) is 352 Å². The van der Waals surface area contributed by atoms with Crippen LogP contribution in [0.1, 0.15) is 380 Å². The van der Waals surface area contributed by atoms with Crippen LogP contribution in [0.3, 0.4) is 0 Å². The molecule has 1 atom stereocenters. The van der Waals surface area contributed by atoms with Crippen LogP contribution in [0.2, 0.25) is 0 Å². The second-order valence-electron chi connectivity index (χ2n) is 23.8. The monoisotopic (exact) mass is 1110 g/mol. The Bertz CT molecular complexity index is 1360. The molecule has 6 nitrogen and oxygen atoms in total. The van der Waals surface area contributed by atoms with Crippen LogP contribution in [0.25, 0.3) is 0 Å². The number of carbonyl (C=O) groups is 3. The van der Waals surface area contributed by atoms with Gasteiger partial charge in [-0.3, -0.25) is 14.4 Å². The lowest BCUT2D eigenvalue weighted by Crippen LogP contribution is -2.30. The Kier molecular flexibility index (Phi) is 65.6. The van der Waals surface area contributed by atoms with Gasteiger partial charge < -0.3 is 14.2 Å². The van der Waals surface area contributed by atoms with Crippen molar-refractivity contribution in [3.63, 3.8) is 0 Å². The van der Waals surface area contributed by atoms with E-state index in [1.165, 1.54) is 257 Å². The van der Waals surface area contributed by atoms with Crippen LogP contribution < -0.4 is 0 Å². The van der Waals surface area contributed by atoms with E-state index in [9.17, 15) is 14.4 Å². The van der Waals surface area contributed by atoms with Gasteiger partial charge in [0.1, 0.15) is 13.2 Å². The molecule has 6 heteroatoms. The van der Waals surface area contributed by atoms with E-state index in [0.717, 1.165) is 83.5 Å². The average Bonchev–Trinajstić information content (AvgIpc) is 3.45. The maximum absolute atomic E-state index is 12.9. The third-order valence-corrected chi connectivity index (χ3v) is 15.8. The Labute approximate surface area is 492 Å². The van der Waals surface area contributed by atoms with E-state index in [1.54, 1.807) is 0 Å². The van der Waals surface area contributed by atoms with E-state index in [1.807, 2.05) is 0 Å². The van der Waals surface area contributed by atoms with Crippen molar-refractivity contribution in [1.29, 1.82) is 0 Å². The van der Waals surface area contributed by atoms with E-state index >= 15 is 0 Å². The Morgan fingerprint density at radius 2 is 0.494 bits per heavy atom. The summed E-state index contributed by atoms with van der Waals surface area (Å²) in [5.74, 6) is -0.835. The van der Waals surface area contributed by atoms with Crippen molar-refractivity contribution in [2.24, 2.45) is 0 Å². The summed E-state index contributed by atoms with van der Waals surface area (Å²) in [6.45, 7) is 6.60. The van der Waals surface area contributed by atoms with Crippen LogP contribution in [-0.4, -0.2) is 37.2 Å². The molecule has 0 aromatic carbocycles. The van der Waals surface area contributed by atoms with Crippen molar-refractivity contribution in [3.05, 3.63) is 48.6 Å². The Morgan fingerprint density at radius 1 is 0.266 bits per heavy atom. The predicted octanol–water partition coefficient (Wildman–Crippen LogP) is 24.1. The molecular weight excluding hydrogens is 973 g/mol. The fraction of sp³-hybridized carbons (Fsp3) is 0.849. The number of hydrogen-bond acceptors (Lipinski definition) is 6. The number of allylic oxidation sites excluding steroid dienone is 8. The Morgan fingerprint density at radius 3 is 0.772 bits per heavy atom. The fourth-order valence-electron chi connectivity index (χ4n) is 10.6. The first kappa shape index (κ1) is 76.4. The number of ether oxygens (including phenoxy) is 3. The normalized spacial score (nSPS) is 12.3. The summed E-state index contributed by atoms with van der Waals surface area (Å²) in [4.78, 5) is 38.4. The zero-order valence-electron chi connectivity index (χ0n) is 53.2. The molecule has 0 saturated heterocycles. The van der Waals surface area contributed by atoms with Crippen molar-refractivity contribution in [2.75, 3.05) is 13.2 Å². The van der Waals surface area contributed by atoms with Gasteiger partial charge in [-0.25, -0.2) is 0 Å². The summed E-state index contributed by atoms with van der Waals surface area (Å²) in [6, 6.07) is 0. The first-order valence-corrected chi connectivity index (χ1v) is 35.1. The molecule has 0 bridgehead atoms. The summed E-state index contributed by atoms with van der Waals surface area (Å²) < 4.78 is 17.0. The van der Waals surface area contributed by atoms with Crippen LogP contribution in [-0.2, 0) is 28.6 Å². The molecule has 462 valence electrons. The van der Waals surface area contributed by atoms with Gasteiger partial charge in [-0.05, 0) is 57.8 Å². The molecular formula is C73H134O6. The minimum absolute atomic E-state index is 0.0654. The number of unbranched alkanes of at least 4 members (excludes halogenated alkanes) is 46. The van der Waals surface area contributed by atoms with Crippen LogP contribution in [0.5, 0.6) is 0 Å². The smallest absolute Gasteiger partial charge is 0.306 e. The highest BCUT2D eigenvalue weighted by Gasteiger charge is 2.19. The van der Waals surface area contributed by atoms with Gasteiger partial charge in [0.2, 0.25) is 0 Å². The van der Waals surface area contributed by atoms with Crippen LogP contribution in [0.15, 0.2) is 48.6 Å². The second kappa shape index (κ2) is 67.9. The van der Waals surface area contributed by atoms with Crippen LogP contribution in [0.4, 0.5) is 0 Å². The highest BCUT2D eigenvalue weighted by atomic mass is 16.6. The van der Waals surface area contributed by atoms with Crippen molar-refractivity contribution in [2.45, 2.75) is 386 Å². The van der Waals surface area contributed by atoms with E-state index in [-0.39, 0.29) is 31.1 Å². The van der Waals surface area contributed by atoms with Gasteiger partial charge in [-0.15, -0.1) is 0 Å². The second-order valence-corrected chi connectivity index (χ2v) is 23.8. The van der Waals surface area contributed by atoms with Crippen molar-refractivity contribution < 1.29 is 28.6 Å². The molecule has 0 N–H and O–H groups in total. The quantitative estimate of drug-likeness (QED) is 0.0261. The maximum Gasteiger partial charge on any atom is 0.306 e. The van der Waals surface area contributed by atoms with Crippen molar-refractivity contribution in [3.8, 4) is 0 Å². The molecule has 0 saturated carbocycles. The van der Waals surface area contributed by atoms with E-state index in [4.69, 9.17) is 14.2 Å². The van der Waals surface area contributed by atoms with Gasteiger partial charge in [0.05, 0.1) is 0 Å². The number of rotatable bonds is 65. The van der Waals surface area contributed by atoms with Crippen molar-refractivity contribution in [1.82, 2.24) is 0 Å². The highest BCUT2D eigenvalue weighted by Crippen LogP contribution is 2.19. The van der Waals surface area contributed by atoms with Gasteiger partial charge in [-0.2, -0.15) is 0 Å². The summed E-state index contributed by atoms with van der Waals surface area (Å²) in [5.41, 5.74) is 0. The molecule has 0 aromatic rings. The Hall–Kier alpha value is -2.63. The lowest BCUT2D eigenvalue weighted by atomic mass is 10.0.